The van der Waals surface area contributed by atoms with Crippen LogP contribution in [0.15, 0.2) is 24.3 Å². The summed E-state index contributed by atoms with van der Waals surface area (Å²) in [5.74, 6) is 0.0316. The van der Waals surface area contributed by atoms with Gasteiger partial charge in [-0.1, -0.05) is 13.8 Å². The molecule has 1 aromatic heterocycles. The molecule has 1 aliphatic rings. The normalized spacial score (nSPS) is 15.4. The zero-order chi connectivity index (χ0) is 24.1. The molecule has 1 aliphatic heterocycles. The molecule has 1 amide bonds. The van der Waals surface area contributed by atoms with Gasteiger partial charge in [0.1, 0.15) is 6.04 Å². The average Bonchev–Trinajstić information content (AvgIpc) is 3.10. The summed E-state index contributed by atoms with van der Waals surface area (Å²) >= 11 is 0. The molecule has 0 spiro atoms. The third-order valence-electron chi connectivity index (χ3n) is 6.37. The van der Waals surface area contributed by atoms with Gasteiger partial charge in [0.05, 0.1) is 24.6 Å². The van der Waals surface area contributed by atoms with Crippen molar-refractivity contribution >= 4 is 11.9 Å². The molecule has 8 nitrogen and oxygen atoms in total. The number of hydrogen-bond acceptors (Lipinski definition) is 6. The second-order valence-corrected chi connectivity index (χ2v) is 8.83. The number of carbonyl (C=O) groups is 2. The number of piperazine rings is 1. The molecular weight excluding hydrogens is 418 g/mol. The Kier molecular flexibility index (Phi) is 7.88. The zero-order valence-corrected chi connectivity index (χ0v) is 20.2. The molecule has 1 unspecified atom stereocenters. The van der Waals surface area contributed by atoms with E-state index in [9.17, 15) is 14.9 Å². The Hall–Kier alpha value is -3.18. The smallest absolute Gasteiger partial charge is 0.305 e. The van der Waals surface area contributed by atoms with Crippen LogP contribution >= 0.6 is 0 Å². The number of nitriles is 1. The number of carbonyl (C=O) groups excluding carboxylic acids is 2. The van der Waals surface area contributed by atoms with Gasteiger partial charge in [0.25, 0.3) is 5.91 Å². The molecule has 1 atom stereocenters. The van der Waals surface area contributed by atoms with Crippen molar-refractivity contribution in [3.8, 4) is 11.8 Å². The molecule has 2 heterocycles. The van der Waals surface area contributed by atoms with Crippen LogP contribution in [0.2, 0.25) is 0 Å². The van der Waals surface area contributed by atoms with Crippen LogP contribution in [0.25, 0.3) is 5.69 Å². The predicted molar refractivity (Wildman–Crippen MR) is 125 cm³/mol. The van der Waals surface area contributed by atoms with Crippen LogP contribution in [-0.4, -0.2) is 70.8 Å². The lowest BCUT2D eigenvalue weighted by molar-refractivity contribution is -0.140. The van der Waals surface area contributed by atoms with Gasteiger partial charge in [0, 0.05) is 43.9 Å². The summed E-state index contributed by atoms with van der Waals surface area (Å²) in [7, 11) is 1.39. The summed E-state index contributed by atoms with van der Waals surface area (Å²) in [6, 6.07) is 9.74. The van der Waals surface area contributed by atoms with Crippen LogP contribution in [0.1, 0.15) is 47.6 Å². The van der Waals surface area contributed by atoms with Crippen molar-refractivity contribution < 1.29 is 14.3 Å². The van der Waals surface area contributed by atoms with Gasteiger partial charge in [0.15, 0.2) is 0 Å². The van der Waals surface area contributed by atoms with Crippen molar-refractivity contribution in [1.29, 1.82) is 5.26 Å². The van der Waals surface area contributed by atoms with E-state index >= 15 is 0 Å². The predicted octanol–water partition coefficient (Wildman–Crippen LogP) is 2.90. The van der Waals surface area contributed by atoms with Gasteiger partial charge in [-0.05, 0) is 56.0 Å². The quantitative estimate of drug-likeness (QED) is 0.601. The number of aromatic nitrogens is 2. The highest BCUT2D eigenvalue weighted by Crippen LogP contribution is 2.21. The number of benzene rings is 1. The van der Waals surface area contributed by atoms with Gasteiger partial charge in [-0.15, -0.1) is 0 Å². The van der Waals surface area contributed by atoms with Crippen LogP contribution in [0.4, 0.5) is 0 Å². The topological polar surface area (TPSA) is 91.5 Å². The number of methoxy groups -OCH3 is 1. The van der Waals surface area contributed by atoms with Crippen molar-refractivity contribution in [3.63, 3.8) is 0 Å². The summed E-state index contributed by atoms with van der Waals surface area (Å²) in [6.07, 6.45) is 0.896. The first-order chi connectivity index (χ1) is 15.8. The fraction of sp³-hybridized carbons (Fsp3) is 0.520. The Labute approximate surface area is 195 Å². The molecule has 0 radical (unpaired) electrons. The van der Waals surface area contributed by atoms with Crippen LogP contribution in [0.5, 0.6) is 0 Å². The van der Waals surface area contributed by atoms with E-state index in [0.717, 1.165) is 22.6 Å². The zero-order valence-electron chi connectivity index (χ0n) is 20.2. The van der Waals surface area contributed by atoms with E-state index in [1.54, 1.807) is 0 Å². The maximum atomic E-state index is 13.0. The van der Waals surface area contributed by atoms with Gasteiger partial charge in [-0.2, -0.15) is 10.4 Å². The first-order valence-electron chi connectivity index (χ1n) is 11.4. The van der Waals surface area contributed by atoms with E-state index in [-0.39, 0.29) is 23.8 Å². The molecule has 0 bridgehead atoms. The second-order valence-electron chi connectivity index (χ2n) is 8.83. The first kappa shape index (κ1) is 24.5. The Bertz CT molecular complexity index is 1030. The van der Waals surface area contributed by atoms with Crippen LogP contribution in [0.3, 0.4) is 0 Å². The highest BCUT2D eigenvalue weighted by Gasteiger charge is 2.28. The Morgan fingerprint density at radius 2 is 1.76 bits per heavy atom. The summed E-state index contributed by atoms with van der Waals surface area (Å²) < 4.78 is 6.59. The summed E-state index contributed by atoms with van der Waals surface area (Å²) in [6.45, 7) is 10.7. The maximum Gasteiger partial charge on any atom is 0.305 e. The lowest BCUT2D eigenvalue weighted by Crippen LogP contribution is -2.52. The number of aryl methyl sites for hydroxylation is 1. The number of esters is 1. The molecule has 0 N–H and O–H groups in total. The lowest BCUT2D eigenvalue weighted by Gasteiger charge is -2.38. The third kappa shape index (κ3) is 5.42. The lowest BCUT2D eigenvalue weighted by atomic mass is 10.0. The average molecular weight is 452 g/mol. The number of hydrogen-bond donors (Lipinski definition) is 0. The van der Waals surface area contributed by atoms with Crippen molar-refractivity contribution in [2.75, 3.05) is 33.3 Å². The fourth-order valence-electron chi connectivity index (χ4n) is 4.40. The number of nitrogens with zero attached hydrogens (tertiary/aromatic N) is 5. The summed E-state index contributed by atoms with van der Waals surface area (Å²) in [4.78, 5) is 28.5. The monoisotopic (exact) mass is 451 g/mol. The van der Waals surface area contributed by atoms with Crippen LogP contribution in [0, 0.1) is 31.1 Å². The molecule has 33 heavy (non-hydrogen) atoms. The van der Waals surface area contributed by atoms with Crippen molar-refractivity contribution in [2.24, 2.45) is 5.92 Å². The first-order valence-corrected chi connectivity index (χ1v) is 11.4. The van der Waals surface area contributed by atoms with Gasteiger partial charge in [-0.3, -0.25) is 14.5 Å². The van der Waals surface area contributed by atoms with Gasteiger partial charge in [-0.25, -0.2) is 4.68 Å². The maximum absolute atomic E-state index is 13.0. The van der Waals surface area contributed by atoms with Gasteiger partial charge >= 0.3 is 5.97 Å². The molecule has 8 heteroatoms. The van der Waals surface area contributed by atoms with E-state index in [1.807, 2.05) is 47.7 Å². The molecule has 1 aromatic carbocycles. The van der Waals surface area contributed by atoms with E-state index in [0.29, 0.717) is 44.6 Å². The fourth-order valence-corrected chi connectivity index (χ4v) is 4.40. The molecule has 0 aliphatic carbocycles. The van der Waals surface area contributed by atoms with Gasteiger partial charge in [0.2, 0.25) is 0 Å². The van der Waals surface area contributed by atoms with Crippen LogP contribution < -0.4 is 0 Å². The van der Waals surface area contributed by atoms with Gasteiger partial charge < -0.3 is 9.64 Å². The Balaban J connectivity index is 1.67. The number of ether oxygens (including phenoxy) is 1. The molecule has 0 saturated carbocycles. The molecule has 1 saturated heterocycles. The highest BCUT2D eigenvalue weighted by molar-refractivity contribution is 5.94. The summed E-state index contributed by atoms with van der Waals surface area (Å²) in [5, 5.41) is 14.1. The van der Waals surface area contributed by atoms with E-state index in [2.05, 4.69) is 29.9 Å². The molecule has 1 fully saturated rings. The number of amides is 1. The van der Waals surface area contributed by atoms with Crippen LogP contribution in [-0.2, 0) is 16.0 Å². The summed E-state index contributed by atoms with van der Waals surface area (Å²) in [5.41, 5.74) is 4.40. The SMILES string of the molecule is COC(=O)CCc1c(C)nn(-c2ccc(C(=O)N3CCN(C(C#N)C(C)C)CC3)cc2)c1C. The third-order valence-corrected chi connectivity index (χ3v) is 6.37. The van der Waals surface area contributed by atoms with Crippen molar-refractivity contribution in [1.82, 2.24) is 19.6 Å². The van der Waals surface area contributed by atoms with E-state index in [4.69, 9.17) is 4.74 Å². The Morgan fingerprint density at radius 3 is 2.30 bits per heavy atom. The standard InChI is InChI=1S/C25H33N5O3/c1-17(2)23(16-26)28-12-14-29(15-13-28)25(32)20-6-8-21(9-7-20)30-19(4)22(18(3)27-30)10-11-24(31)33-5/h6-9,17,23H,10-15H2,1-5H3. The van der Waals surface area contributed by atoms with E-state index < -0.39 is 0 Å². The number of rotatable bonds is 7. The highest BCUT2D eigenvalue weighted by atomic mass is 16.5. The van der Waals surface area contributed by atoms with Crippen molar-refractivity contribution in [2.45, 2.75) is 46.6 Å². The minimum Gasteiger partial charge on any atom is -0.469 e. The molecule has 176 valence electrons. The second kappa shape index (κ2) is 10.6. The largest absolute Gasteiger partial charge is 0.469 e. The molecule has 2 aromatic rings. The minimum atomic E-state index is -0.238. The molecular formula is C25H33N5O3. The van der Waals surface area contributed by atoms with E-state index in [1.165, 1.54) is 7.11 Å². The minimum absolute atomic E-state index is 0.00592. The Morgan fingerprint density at radius 1 is 1.12 bits per heavy atom. The molecule has 3 rings (SSSR count). The van der Waals surface area contributed by atoms with Crippen molar-refractivity contribution in [3.05, 3.63) is 46.8 Å².